The highest BCUT2D eigenvalue weighted by Gasteiger charge is 2.31. The molecule has 0 radical (unpaired) electrons. The lowest BCUT2D eigenvalue weighted by atomic mass is 9.94. The van der Waals surface area contributed by atoms with Crippen molar-refractivity contribution in [2.45, 2.75) is 38.6 Å². The molecule has 4 aromatic carbocycles. The van der Waals surface area contributed by atoms with E-state index in [-0.39, 0.29) is 29.2 Å². The Morgan fingerprint density at radius 1 is 0.827 bits per heavy atom. The summed E-state index contributed by atoms with van der Waals surface area (Å²) in [5, 5.41) is 6.55. The van der Waals surface area contributed by atoms with Gasteiger partial charge >= 0.3 is 0 Å². The number of aryl methyl sites for hydroxylation is 1. The standard InChI is InChI=1S/C41H42N2O9/c1-23(44)43-31-14-13-26-19-35(49-4)40(50-5)41(51-6)37(26)28-20-29-30(22-36(46)42-17-16-24-12-15-33(47-2)34(18-24)48-3)38(25-10-8-7-9-11-25)52-39(29)32(45)21-27(28)31/h7-12,15,18-21,31H,13-14,16-17,22H2,1-6H3,(H,42,46)(H,43,44)/t31-/m0/s1. The second kappa shape index (κ2) is 15.5. The zero-order valence-electron chi connectivity index (χ0n) is 30.1. The third-order valence-electron chi connectivity index (χ3n) is 9.35. The van der Waals surface area contributed by atoms with Crippen LogP contribution in [0.5, 0.6) is 28.7 Å². The van der Waals surface area contributed by atoms with Gasteiger partial charge in [-0.3, -0.25) is 14.4 Å². The quantitative estimate of drug-likeness (QED) is 0.156. The molecular formula is C41H42N2O9. The second-order valence-corrected chi connectivity index (χ2v) is 12.5. The van der Waals surface area contributed by atoms with Gasteiger partial charge in [0.15, 0.2) is 28.6 Å². The maximum absolute atomic E-state index is 14.2. The van der Waals surface area contributed by atoms with Gasteiger partial charge in [-0.2, -0.15) is 0 Å². The number of hydrogen-bond acceptors (Lipinski definition) is 9. The number of amides is 2. The van der Waals surface area contributed by atoms with Crippen LogP contribution in [0.2, 0.25) is 0 Å². The van der Waals surface area contributed by atoms with E-state index in [0.717, 1.165) is 16.7 Å². The molecule has 11 heteroatoms. The number of methoxy groups -OCH3 is 5. The van der Waals surface area contributed by atoms with Crippen molar-refractivity contribution in [3.05, 3.63) is 99.2 Å². The molecule has 270 valence electrons. The molecule has 52 heavy (non-hydrogen) atoms. The zero-order valence-corrected chi connectivity index (χ0v) is 30.1. The van der Waals surface area contributed by atoms with Gasteiger partial charge in [-0.25, -0.2) is 0 Å². The first-order valence-electron chi connectivity index (χ1n) is 17.0. The van der Waals surface area contributed by atoms with Crippen molar-refractivity contribution in [2.24, 2.45) is 0 Å². The number of rotatable bonds is 12. The Morgan fingerprint density at radius 2 is 1.56 bits per heavy atom. The van der Waals surface area contributed by atoms with E-state index in [1.165, 1.54) is 20.1 Å². The lowest BCUT2D eigenvalue weighted by Gasteiger charge is -2.20. The molecule has 0 spiro atoms. The summed E-state index contributed by atoms with van der Waals surface area (Å²) in [6, 6.07) is 19.8. The predicted molar refractivity (Wildman–Crippen MR) is 198 cm³/mol. The molecule has 2 amide bonds. The van der Waals surface area contributed by atoms with Crippen LogP contribution in [-0.4, -0.2) is 53.9 Å². The molecular weight excluding hydrogens is 664 g/mol. The predicted octanol–water partition coefficient (Wildman–Crippen LogP) is 6.19. The fourth-order valence-corrected chi connectivity index (χ4v) is 6.98. The minimum absolute atomic E-state index is 0.0631. The van der Waals surface area contributed by atoms with E-state index < -0.39 is 6.04 Å². The van der Waals surface area contributed by atoms with E-state index >= 15 is 0 Å². The lowest BCUT2D eigenvalue weighted by molar-refractivity contribution is -0.121. The number of ether oxygens (including phenoxy) is 5. The molecule has 1 aliphatic carbocycles. The molecule has 0 aliphatic heterocycles. The largest absolute Gasteiger partial charge is 0.493 e. The topological polar surface area (TPSA) is 135 Å². The highest BCUT2D eigenvalue weighted by molar-refractivity contribution is 5.96. The number of hydrogen-bond donors (Lipinski definition) is 2. The van der Waals surface area contributed by atoms with E-state index in [1.54, 1.807) is 28.4 Å². The number of fused-ring (bicyclic) bond motifs is 4. The van der Waals surface area contributed by atoms with Crippen LogP contribution in [0.3, 0.4) is 0 Å². The van der Waals surface area contributed by atoms with Gasteiger partial charge in [-0.15, -0.1) is 0 Å². The smallest absolute Gasteiger partial charge is 0.224 e. The summed E-state index contributed by atoms with van der Waals surface area (Å²) in [6.45, 7) is 1.82. The van der Waals surface area contributed by atoms with Crippen molar-refractivity contribution in [2.75, 3.05) is 42.1 Å². The van der Waals surface area contributed by atoms with Crippen molar-refractivity contribution in [1.82, 2.24) is 10.6 Å². The lowest BCUT2D eigenvalue weighted by Crippen LogP contribution is -2.27. The van der Waals surface area contributed by atoms with Crippen LogP contribution in [0.4, 0.5) is 0 Å². The molecule has 1 heterocycles. The molecule has 6 rings (SSSR count). The third kappa shape index (κ3) is 6.99. The van der Waals surface area contributed by atoms with Gasteiger partial charge in [0.1, 0.15) is 5.76 Å². The Labute approximate surface area is 301 Å². The third-order valence-corrected chi connectivity index (χ3v) is 9.35. The van der Waals surface area contributed by atoms with Crippen LogP contribution in [-0.2, 0) is 28.9 Å². The average Bonchev–Trinajstić information content (AvgIpc) is 3.35. The summed E-state index contributed by atoms with van der Waals surface area (Å²) in [7, 11) is 7.81. The average molecular weight is 707 g/mol. The Bertz CT molecular complexity index is 2190. The van der Waals surface area contributed by atoms with Crippen molar-refractivity contribution < 1.29 is 37.7 Å². The maximum Gasteiger partial charge on any atom is 0.224 e. The molecule has 1 aliphatic rings. The van der Waals surface area contributed by atoms with Gasteiger partial charge in [-0.1, -0.05) is 36.4 Å². The fourth-order valence-electron chi connectivity index (χ4n) is 6.98. The Morgan fingerprint density at radius 3 is 2.23 bits per heavy atom. The molecule has 0 bridgehead atoms. The Kier molecular flexibility index (Phi) is 10.7. The summed E-state index contributed by atoms with van der Waals surface area (Å²) in [6.07, 6.45) is 1.55. The number of carbonyl (C=O) groups is 2. The number of carbonyl (C=O) groups excluding carboxylic acids is 2. The highest BCUT2D eigenvalue weighted by atomic mass is 16.5. The van der Waals surface area contributed by atoms with Gasteiger partial charge in [0, 0.05) is 35.5 Å². The van der Waals surface area contributed by atoms with Gasteiger partial charge in [0.2, 0.25) is 23.0 Å². The molecule has 0 unspecified atom stereocenters. The first-order valence-corrected chi connectivity index (χ1v) is 17.0. The van der Waals surface area contributed by atoms with Crippen LogP contribution in [0.15, 0.2) is 75.9 Å². The van der Waals surface area contributed by atoms with Crippen LogP contribution < -0.4 is 39.7 Å². The molecule has 5 aromatic rings. The number of furan rings is 1. The van der Waals surface area contributed by atoms with Gasteiger partial charge in [-0.05, 0) is 71.8 Å². The van der Waals surface area contributed by atoms with E-state index in [1.807, 2.05) is 60.7 Å². The minimum Gasteiger partial charge on any atom is -0.493 e. The highest BCUT2D eigenvalue weighted by Crippen LogP contribution is 2.51. The maximum atomic E-state index is 14.2. The van der Waals surface area contributed by atoms with Crippen LogP contribution in [0.25, 0.3) is 33.4 Å². The molecule has 11 nitrogen and oxygen atoms in total. The molecule has 0 fully saturated rings. The SMILES string of the molecule is COc1ccc(CCNC(=O)Cc2c(-c3ccccc3)oc3c(=O)cc4c(cc23)-c2c(cc(OC)c(OC)c2OC)CC[C@@H]4NC(C)=O)cc1OC. The van der Waals surface area contributed by atoms with Crippen LogP contribution in [0, 0.1) is 0 Å². The van der Waals surface area contributed by atoms with Crippen LogP contribution in [0.1, 0.15) is 41.6 Å². The van der Waals surface area contributed by atoms with Crippen molar-refractivity contribution in [3.8, 4) is 51.2 Å². The van der Waals surface area contributed by atoms with E-state index in [0.29, 0.717) is 88.0 Å². The minimum atomic E-state index is -0.497. The molecule has 0 saturated carbocycles. The molecule has 0 saturated heterocycles. The summed E-state index contributed by atoms with van der Waals surface area (Å²) >= 11 is 0. The van der Waals surface area contributed by atoms with Crippen molar-refractivity contribution >= 4 is 22.8 Å². The Balaban J connectivity index is 1.51. The second-order valence-electron chi connectivity index (χ2n) is 12.5. The normalized spacial score (nSPS) is 13.3. The van der Waals surface area contributed by atoms with E-state index in [2.05, 4.69) is 10.6 Å². The van der Waals surface area contributed by atoms with E-state index in [9.17, 15) is 14.4 Å². The number of nitrogens with one attached hydrogen (secondary N) is 2. The number of benzene rings is 3. The summed E-state index contributed by atoms with van der Waals surface area (Å²) < 4.78 is 34.6. The fraction of sp³-hybridized carbons (Fsp3) is 0.293. The van der Waals surface area contributed by atoms with Crippen molar-refractivity contribution in [1.29, 1.82) is 0 Å². The summed E-state index contributed by atoms with van der Waals surface area (Å²) in [5.41, 5.74) is 4.80. The first kappa shape index (κ1) is 35.8. The Hall–Kier alpha value is -5.97. The monoisotopic (exact) mass is 706 g/mol. The van der Waals surface area contributed by atoms with Gasteiger partial charge in [0.25, 0.3) is 0 Å². The van der Waals surface area contributed by atoms with Crippen molar-refractivity contribution in [3.63, 3.8) is 0 Å². The molecule has 1 aromatic heterocycles. The van der Waals surface area contributed by atoms with E-state index in [4.69, 9.17) is 28.1 Å². The zero-order chi connectivity index (χ0) is 36.9. The van der Waals surface area contributed by atoms with Crippen LogP contribution >= 0.6 is 0 Å². The first-order chi connectivity index (χ1) is 25.2. The summed E-state index contributed by atoms with van der Waals surface area (Å²) in [5.74, 6) is 2.50. The van der Waals surface area contributed by atoms with Gasteiger partial charge < -0.3 is 38.7 Å². The van der Waals surface area contributed by atoms with Gasteiger partial charge in [0.05, 0.1) is 48.0 Å². The molecule has 1 atom stereocenters. The molecule has 2 N–H and O–H groups in total. The summed E-state index contributed by atoms with van der Waals surface area (Å²) in [4.78, 5) is 40.4.